The van der Waals surface area contributed by atoms with Gasteiger partial charge in [0.1, 0.15) is 5.82 Å². The molecule has 1 aromatic rings. The van der Waals surface area contributed by atoms with Crippen molar-refractivity contribution in [3.8, 4) is 0 Å². The number of halogens is 1. The fourth-order valence-electron chi connectivity index (χ4n) is 3.28. The van der Waals surface area contributed by atoms with Crippen molar-refractivity contribution in [2.75, 3.05) is 38.6 Å². The second kappa shape index (κ2) is 9.05. The summed E-state index contributed by atoms with van der Waals surface area (Å²) < 4.78 is 1.85. The molecule has 1 aliphatic heterocycles. The molecular weight excluding hydrogens is 344 g/mol. The number of piperidine rings is 1. The van der Waals surface area contributed by atoms with Crippen LogP contribution in [-0.4, -0.2) is 60.2 Å². The van der Waals surface area contributed by atoms with Crippen LogP contribution in [0.4, 0.5) is 5.82 Å². The lowest BCUT2D eigenvalue weighted by Gasteiger charge is -2.30. The van der Waals surface area contributed by atoms with Crippen LogP contribution in [-0.2, 0) is 23.2 Å². The second-order valence-corrected chi connectivity index (χ2v) is 6.57. The molecule has 0 aliphatic carbocycles. The number of nitrogens with one attached hydrogen (secondary N) is 1. The van der Waals surface area contributed by atoms with Crippen LogP contribution < -0.4 is 16.0 Å². The quantitative estimate of drug-likeness (QED) is 0.734. The first-order valence-electron chi connectivity index (χ1n) is 8.28. The van der Waals surface area contributed by atoms with Gasteiger partial charge in [-0.1, -0.05) is 0 Å². The highest BCUT2D eigenvalue weighted by Crippen LogP contribution is 2.21. The average Bonchev–Trinajstić information content (AvgIpc) is 2.81. The number of primary amides is 1. The summed E-state index contributed by atoms with van der Waals surface area (Å²) >= 11 is 0. The van der Waals surface area contributed by atoms with Gasteiger partial charge in [0, 0.05) is 52.3 Å². The van der Waals surface area contributed by atoms with Gasteiger partial charge < -0.3 is 20.9 Å². The maximum Gasteiger partial charge on any atom is 0.236 e. The highest BCUT2D eigenvalue weighted by atomic mass is 35.5. The van der Waals surface area contributed by atoms with Crippen molar-refractivity contribution in [3.05, 3.63) is 11.3 Å². The second-order valence-electron chi connectivity index (χ2n) is 6.57. The van der Waals surface area contributed by atoms with E-state index in [1.165, 1.54) is 0 Å². The average molecular weight is 373 g/mol. The van der Waals surface area contributed by atoms with Crippen LogP contribution in [0.3, 0.4) is 0 Å². The maximum atomic E-state index is 12.3. The fraction of sp³-hybridized carbons (Fsp3) is 0.688. The van der Waals surface area contributed by atoms with Crippen molar-refractivity contribution in [2.24, 2.45) is 18.7 Å². The summed E-state index contributed by atoms with van der Waals surface area (Å²) in [5, 5.41) is 7.66. The molecule has 1 aromatic heterocycles. The summed E-state index contributed by atoms with van der Waals surface area (Å²) in [7, 11) is 5.88. The lowest BCUT2D eigenvalue weighted by atomic mass is 9.96. The molecule has 1 aliphatic rings. The SMILES string of the molecule is Cc1nn(C)c(N(C)C)c1CNCC(=O)N1CCC(C(N)=O)CC1.Cl. The van der Waals surface area contributed by atoms with Crippen molar-refractivity contribution < 1.29 is 9.59 Å². The van der Waals surface area contributed by atoms with E-state index in [1.54, 1.807) is 4.90 Å². The van der Waals surface area contributed by atoms with Crippen LogP contribution in [0.2, 0.25) is 0 Å². The van der Waals surface area contributed by atoms with Crippen LogP contribution in [0.15, 0.2) is 0 Å². The van der Waals surface area contributed by atoms with Crippen LogP contribution in [0.5, 0.6) is 0 Å². The topological polar surface area (TPSA) is 96.5 Å². The zero-order valence-electron chi connectivity index (χ0n) is 15.4. The first-order valence-corrected chi connectivity index (χ1v) is 8.28. The molecular formula is C16H29ClN6O2. The molecule has 0 spiro atoms. The number of amides is 2. The van der Waals surface area contributed by atoms with E-state index in [4.69, 9.17) is 5.73 Å². The summed E-state index contributed by atoms with van der Waals surface area (Å²) in [5.74, 6) is 0.742. The summed E-state index contributed by atoms with van der Waals surface area (Å²) in [4.78, 5) is 27.3. The van der Waals surface area contributed by atoms with E-state index in [9.17, 15) is 9.59 Å². The number of carbonyl (C=O) groups is 2. The zero-order chi connectivity index (χ0) is 17.9. The number of anilines is 1. The minimum atomic E-state index is -0.261. The number of likely N-dealkylation sites (tertiary alicyclic amines) is 1. The van der Waals surface area contributed by atoms with E-state index >= 15 is 0 Å². The third-order valence-electron chi connectivity index (χ3n) is 4.56. The molecule has 8 nitrogen and oxygen atoms in total. The molecule has 0 radical (unpaired) electrons. The van der Waals surface area contributed by atoms with Crippen molar-refractivity contribution >= 4 is 30.0 Å². The maximum absolute atomic E-state index is 12.3. The molecule has 25 heavy (non-hydrogen) atoms. The van der Waals surface area contributed by atoms with Gasteiger partial charge >= 0.3 is 0 Å². The molecule has 0 saturated carbocycles. The Morgan fingerprint density at radius 1 is 1.32 bits per heavy atom. The minimum absolute atomic E-state index is 0. The predicted molar refractivity (Wildman–Crippen MR) is 99.7 cm³/mol. The predicted octanol–water partition coefficient (Wildman–Crippen LogP) is 0.0298. The third-order valence-corrected chi connectivity index (χ3v) is 4.56. The van der Waals surface area contributed by atoms with Crippen molar-refractivity contribution in [1.29, 1.82) is 0 Å². The fourth-order valence-corrected chi connectivity index (χ4v) is 3.28. The van der Waals surface area contributed by atoms with Gasteiger partial charge in [-0.2, -0.15) is 5.10 Å². The van der Waals surface area contributed by atoms with E-state index in [2.05, 4.69) is 10.4 Å². The monoisotopic (exact) mass is 372 g/mol. The van der Waals surface area contributed by atoms with E-state index < -0.39 is 0 Å². The summed E-state index contributed by atoms with van der Waals surface area (Å²) in [6.07, 6.45) is 1.32. The standard InChI is InChI=1S/C16H28N6O2.ClH/c1-11-13(16(20(2)3)21(4)19-11)9-18-10-14(23)22-7-5-12(6-8-22)15(17)24;/h12,18H,5-10H2,1-4H3,(H2,17,24);1H. The Balaban J connectivity index is 0.00000312. The molecule has 2 rings (SSSR count). The molecule has 0 unspecified atom stereocenters. The smallest absolute Gasteiger partial charge is 0.236 e. The van der Waals surface area contributed by atoms with Crippen LogP contribution in [0.25, 0.3) is 0 Å². The first kappa shape index (κ1) is 21.2. The Hall–Kier alpha value is -1.80. The molecule has 2 heterocycles. The first-order chi connectivity index (χ1) is 11.3. The largest absolute Gasteiger partial charge is 0.369 e. The lowest BCUT2D eigenvalue weighted by molar-refractivity contribution is -0.134. The normalized spacial score (nSPS) is 15.0. The number of nitrogens with zero attached hydrogens (tertiary/aromatic N) is 4. The van der Waals surface area contributed by atoms with Crippen molar-refractivity contribution in [1.82, 2.24) is 20.0 Å². The zero-order valence-corrected chi connectivity index (χ0v) is 16.2. The van der Waals surface area contributed by atoms with Crippen LogP contribution in [0, 0.1) is 12.8 Å². The molecule has 0 atom stereocenters. The van der Waals surface area contributed by atoms with Crippen LogP contribution >= 0.6 is 12.4 Å². The van der Waals surface area contributed by atoms with E-state index in [0.717, 1.165) is 17.1 Å². The van der Waals surface area contributed by atoms with Gasteiger partial charge in [0.05, 0.1) is 12.2 Å². The molecule has 1 fully saturated rings. The van der Waals surface area contributed by atoms with E-state index in [0.29, 0.717) is 32.5 Å². The molecule has 9 heteroatoms. The Morgan fingerprint density at radius 2 is 1.92 bits per heavy atom. The van der Waals surface area contributed by atoms with Gasteiger partial charge in [-0.3, -0.25) is 14.3 Å². The van der Waals surface area contributed by atoms with Crippen molar-refractivity contribution in [3.63, 3.8) is 0 Å². The minimum Gasteiger partial charge on any atom is -0.369 e. The Bertz CT molecular complexity index is 608. The summed E-state index contributed by atoms with van der Waals surface area (Å²) in [6.45, 7) is 4.05. The van der Waals surface area contributed by atoms with Gasteiger partial charge in [0.25, 0.3) is 0 Å². The number of hydrogen-bond acceptors (Lipinski definition) is 5. The van der Waals surface area contributed by atoms with Gasteiger partial charge in [-0.25, -0.2) is 0 Å². The van der Waals surface area contributed by atoms with Crippen LogP contribution in [0.1, 0.15) is 24.1 Å². The number of nitrogens with two attached hydrogens (primary N) is 1. The third kappa shape index (κ3) is 5.09. The van der Waals surface area contributed by atoms with Gasteiger partial charge in [-0.05, 0) is 19.8 Å². The van der Waals surface area contributed by atoms with E-state index in [-0.39, 0.29) is 36.7 Å². The van der Waals surface area contributed by atoms with Crippen molar-refractivity contribution in [2.45, 2.75) is 26.3 Å². The Labute approximate surface area is 155 Å². The number of aromatic nitrogens is 2. The highest BCUT2D eigenvalue weighted by molar-refractivity contribution is 5.85. The van der Waals surface area contributed by atoms with Gasteiger partial charge in [0.15, 0.2) is 0 Å². The Kier molecular flexibility index (Phi) is 7.69. The van der Waals surface area contributed by atoms with Gasteiger partial charge in [0.2, 0.25) is 11.8 Å². The highest BCUT2D eigenvalue weighted by Gasteiger charge is 2.25. The summed E-state index contributed by atoms with van der Waals surface area (Å²) in [5.41, 5.74) is 7.38. The molecule has 0 aromatic carbocycles. The summed E-state index contributed by atoms with van der Waals surface area (Å²) in [6, 6.07) is 0. The molecule has 3 N–H and O–H groups in total. The lowest BCUT2D eigenvalue weighted by Crippen LogP contribution is -2.44. The molecule has 2 amide bonds. The number of aryl methyl sites for hydroxylation is 2. The molecule has 142 valence electrons. The van der Waals surface area contributed by atoms with E-state index in [1.807, 2.05) is 37.6 Å². The number of hydrogen-bond donors (Lipinski definition) is 2. The number of carbonyl (C=O) groups excluding carboxylic acids is 2. The molecule has 0 bridgehead atoms. The Morgan fingerprint density at radius 3 is 2.44 bits per heavy atom. The molecule has 1 saturated heterocycles. The number of rotatable bonds is 6. The van der Waals surface area contributed by atoms with Gasteiger partial charge in [-0.15, -0.1) is 12.4 Å².